The van der Waals surface area contributed by atoms with Crippen LogP contribution in [0.25, 0.3) is 0 Å². The molecule has 0 saturated carbocycles. The summed E-state index contributed by atoms with van der Waals surface area (Å²) in [4.78, 5) is 0. The smallest absolute Gasteiger partial charge is 0.184 e. The summed E-state index contributed by atoms with van der Waals surface area (Å²) in [6, 6.07) is 9.31. The molecule has 0 aliphatic carbocycles. The van der Waals surface area contributed by atoms with Gasteiger partial charge in [0.2, 0.25) is 0 Å². The first kappa shape index (κ1) is 13.0. The summed E-state index contributed by atoms with van der Waals surface area (Å²) in [5.74, 6) is 0. The van der Waals surface area contributed by atoms with Crippen molar-refractivity contribution in [3.05, 3.63) is 35.9 Å². The Morgan fingerprint density at radius 2 is 1.68 bits per heavy atom. The van der Waals surface area contributed by atoms with Crippen molar-refractivity contribution in [3.63, 3.8) is 0 Å². The number of benzene rings is 1. The van der Waals surface area contributed by atoms with Crippen molar-refractivity contribution in [3.8, 4) is 0 Å². The van der Waals surface area contributed by atoms with Crippen molar-refractivity contribution in [2.24, 2.45) is 0 Å². The van der Waals surface area contributed by atoms with Crippen LogP contribution in [0, 0.1) is 0 Å². The van der Waals surface area contributed by atoms with Gasteiger partial charge in [0.1, 0.15) is 24.4 Å². The molecule has 1 unspecified atom stereocenters. The normalized spacial score (nSPS) is 42.7. The maximum atomic E-state index is 9.94. The molecule has 104 valence electrons. The molecule has 2 saturated heterocycles. The number of ether oxygens (including phenoxy) is 3. The molecule has 6 heteroatoms. The minimum absolute atomic E-state index is 0.186. The Bertz CT molecular complexity index is 422. The summed E-state index contributed by atoms with van der Waals surface area (Å²) in [5, 5.41) is 29.0. The van der Waals surface area contributed by atoms with Crippen LogP contribution >= 0.6 is 0 Å². The van der Waals surface area contributed by atoms with Crippen LogP contribution in [0.2, 0.25) is 0 Å². The molecule has 0 spiro atoms. The lowest BCUT2D eigenvalue weighted by molar-refractivity contribution is -0.354. The molecule has 0 bridgehead atoms. The van der Waals surface area contributed by atoms with E-state index in [9.17, 15) is 15.3 Å². The Hall–Kier alpha value is -1.02. The predicted molar refractivity (Wildman–Crippen MR) is 62.9 cm³/mol. The Balaban J connectivity index is 1.75. The Kier molecular flexibility index (Phi) is 3.53. The summed E-state index contributed by atoms with van der Waals surface area (Å²) >= 11 is 0. The van der Waals surface area contributed by atoms with Crippen molar-refractivity contribution in [1.82, 2.24) is 0 Å². The van der Waals surface area contributed by atoms with Crippen molar-refractivity contribution in [2.45, 2.75) is 37.0 Å². The van der Waals surface area contributed by atoms with Gasteiger partial charge in [-0.1, -0.05) is 30.3 Å². The molecule has 0 radical (unpaired) electrons. The van der Waals surface area contributed by atoms with Crippen molar-refractivity contribution >= 4 is 0 Å². The third-order valence-electron chi connectivity index (χ3n) is 3.42. The zero-order chi connectivity index (χ0) is 13.4. The zero-order valence-corrected chi connectivity index (χ0v) is 10.1. The predicted octanol–water partition coefficient (Wildman–Crippen LogP) is -0.460. The molecule has 6 atom stereocenters. The minimum atomic E-state index is -1.42. The van der Waals surface area contributed by atoms with Gasteiger partial charge in [0.25, 0.3) is 0 Å². The number of fused-ring (bicyclic) bond motifs is 1. The summed E-state index contributed by atoms with van der Waals surface area (Å²) in [7, 11) is 0. The summed E-state index contributed by atoms with van der Waals surface area (Å²) < 4.78 is 16.3. The standard InChI is InChI=1S/C13H16O6/c14-9-10(15)12(16)18-8-6-17-13(19-11(8)9)7-4-2-1-3-5-7/h1-5,8-16H,6H2/t8-,9-,10-,11+,12+,13?/m1/s1. The number of aliphatic hydroxyl groups is 3. The fourth-order valence-corrected chi connectivity index (χ4v) is 2.37. The van der Waals surface area contributed by atoms with Crippen LogP contribution in [0.1, 0.15) is 11.9 Å². The summed E-state index contributed by atoms with van der Waals surface area (Å²) in [6.07, 6.45) is -5.93. The second-order valence-electron chi connectivity index (χ2n) is 4.72. The van der Waals surface area contributed by atoms with Crippen LogP contribution in [0.5, 0.6) is 0 Å². The van der Waals surface area contributed by atoms with Gasteiger partial charge in [-0.15, -0.1) is 0 Å². The van der Waals surface area contributed by atoms with Gasteiger partial charge in [0.05, 0.1) is 6.61 Å². The maximum absolute atomic E-state index is 9.94. The molecule has 1 aromatic carbocycles. The molecule has 0 aromatic heterocycles. The number of hydrogen-bond donors (Lipinski definition) is 3. The van der Waals surface area contributed by atoms with E-state index < -0.39 is 37.0 Å². The molecular formula is C13H16O6. The van der Waals surface area contributed by atoms with Crippen molar-refractivity contribution in [1.29, 1.82) is 0 Å². The first-order valence-corrected chi connectivity index (χ1v) is 6.18. The van der Waals surface area contributed by atoms with E-state index in [1.54, 1.807) is 0 Å². The highest BCUT2D eigenvalue weighted by molar-refractivity contribution is 5.16. The van der Waals surface area contributed by atoms with Gasteiger partial charge in [0.15, 0.2) is 12.6 Å². The topological polar surface area (TPSA) is 88.4 Å². The van der Waals surface area contributed by atoms with E-state index in [4.69, 9.17) is 14.2 Å². The molecule has 6 nitrogen and oxygen atoms in total. The molecule has 2 aliphatic heterocycles. The highest BCUT2D eigenvalue weighted by Crippen LogP contribution is 2.33. The average molecular weight is 268 g/mol. The second kappa shape index (κ2) is 5.16. The lowest BCUT2D eigenvalue weighted by Crippen LogP contribution is -2.61. The largest absolute Gasteiger partial charge is 0.387 e. The van der Waals surface area contributed by atoms with Gasteiger partial charge in [0, 0.05) is 5.56 Å². The van der Waals surface area contributed by atoms with E-state index >= 15 is 0 Å². The Labute approximate surface area is 110 Å². The quantitative estimate of drug-likeness (QED) is 0.639. The van der Waals surface area contributed by atoms with Crippen LogP contribution in [-0.4, -0.2) is 52.6 Å². The van der Waals surface area contributed by atoms with Crippen LogP contribution in [0.4, 0.5) is 0 Å². The molecule has 2 aliphatic rings. The fourth-order valence-electron chi connectivity index (χ4n) is 2.37. The van der Waals surface area contributed by atoms with Crippen LogP contribution < -0.4 is 0 Å². The van der Waals surface area contributed by atoms with Gasteiger partial charge in [-0.3, -0.25) is 0 Å². The van der Waals surface area contributed by atoms with Gasteiger partial charge in [-0.05, 0) is 0 Å². The first-order valence-electron chi connectivity index (χ1n) is 6.18. The number of aliphatic hydroxyl groups excluding tert-OH is 3. The molecule has 1 aromatic rings. The third-order valence-corrected chi connectivity index (χ3v) is 3.42. The minimum Gasteiger partial charge on any atom is -0.387 e. The Morgan fingerprint density at radius 3 is 2.42 bits per heavy atom. The molecule has 2 heterocycles. The van der Waals surface area contributed by atoms with E-state index in [0.29, 0.717) is 0 Å². The molecule has 3 N–H and O–H groups in total. The SMILES string of the molecule is O[C@@H]1[C@@H](O)[C@@H](O)O[C@@H]2COC(c3ccccc3)O[C@H]12. The highest BCUT2D eigenvalue weighted by atomic mass is 16.7. The Morgan fingerprint density at radius 1 is 0.947 bits per heavy atom. The van der Waals surface area contributed by atoms with Crippen molar-refractivity contribution < 1.29 is 29.5 Å². The van der Waals surface area contributed by atoms with E-state index in [0.717, 1.165) is 5.56 Å². The maximum Gasteiger partial charge on any atom is 0.184 e. The highest BCUT2D eigenvalue weighted by Gasteiger charge is 2.48. The van der Waals surface area contributed by atoms with Crippen LogP contribution in [0.3, 0.4) is 0 Å². The van der Waals surface area contributed by atoms with E-state index in [2.05, 4.69) is 0 Å². The molecule has 2 fully saturated rings. The molecule has 19 heavy (non-hydrogen) atoms. The molecule has 0 amide bonds. The van der Waals surface area contributed by atoms with Crippen LogP contribution in [0.15, 0.2) is 30.3 Å². The van der Waals surface area contributed by atoms with Crippen molar-refractivity contribution in [2.75, 3.05) is 6.61 Å². The summed E-state index contributed by atoms with van der Waals surface area (Å²) in [6.45, 7) is 0.186. The second-order valence-corrected chi connectivity index (χ2v) is 4.72. The molecule has 3 rings (SSSR count). The third kappa shape index (κ3) is 2.38. The van der Waals surface area contributed by atoms with Gasteiger partial charge >= 0.3 is 0 Å². The zero-order valence-electron chi connectivity index (χ0n) is 10.1. The fraction of sp³-hybridized carbons (Fsp3) is 0.538. The van der Waals surface area contributed by atoms with E-state index in [1.807, 2.05) is 30.3 Å². The summed E-state index contributed by atoms with van der Waals surface area (Å²) in [5.41, 5.74) is 0.828. The lowest BCUT2D eigenvalue weighted by atomic mass is 9.98. The number of hydrogen-bond acceptors (Lipinski definition) is 6. The monoisotopic (exact) mass is 268 g/mol. The van der Waals surface area contributed by atoms with Gasteiger partial charge in [-0.25, -0.2) is 0 Å². The number of rotatable bonds is 1. The van der Waals surface area contributed by atoms with E-state index in [1.165, 1.54) is 0 Å². The van der Waals surface area contributed by atoms with Gasteiger partial charge < -0.3 is 29.5 Å². The molecular weight excluding hydrogens is 252 g/mol. The van der Waals surface area contributed by atoms with E-state index in [-0.39, 0.29) is 6.61 Å². The lowest BCUT2D eigenvalue weighted by Gasteiger charge is -2.45. The first-order chi connectivity index (χ1) is 9.16. The average Bonchev–Trinajstić information content (AvgIpc) is 2.46. The van der Waals surface area contributed by atoms with Gasteiger partial charge in [-0.2, -0.15) is 0 Å². The van der Waals surface area contributed by atoms with Crippen LogP contribution in [-0.2, 0) is 14.2 Å².